The van der Waals surface area contributed by atoms with Crippen LogP contribution >= 0.6 is 15.9 Å². The normalized spacial score (nSPS) is 12.6. The van der Waals surface area contributed by atoms with Gasteiger partial charge in [-0.05, 0) is 46.5 Å². The summed E-state index contributed by atoms with van der Waals surface area (Å²) >= 11 is 3.36. The Labute approximate surface area is 110 Å². The number of rotatable bonds is 5. The minimum absolute atomic E-state index is 0.0259. The van der Waals surface area contributed by atoms with E-state index in [9.17, 15) is 4.79 Å². The molecule has 0 radical (unpaired) electrons. The second kappa shape index (κ2) is 6.17. The largest absolute Gasteiger partial charge is 0.496 e. The van der Waals surface area contributed by atoms with Crippen LogP contribution in [0.25, 0.3) is 0 Å². The molecular formula is C13H18BrNO2. The number of Topliss-reactive ketones (excluding diaryl/α,β-unsaturated/α-hetero) is 1. The zero-order chi connectivity index (χ0) is 13.0. The standard InChI is InChI=1S/C13H18BrNO2/c1-8(2)6-11(15)13(16)9-4-5-12(17-3)10(14)7-9/h4-5,7-8,11H,6,15H2,1-3H3. The molecule has 0 heterocycles. The molecule has 1 unspecified atom stereocenters. The number of hydrogen-bond acceptors (Lipinski definition) is 3. The van der Waals surface area contributed by atoms with Crippen LogP contribution in [0.2, 0.25) is 0 Å². The minimum Gasteiger partial charge on any atom is -0.496 e. The van der Waals surface area contributed by atoms with Crippen LogP contribution in [0.1, 0.15) is 30.6 Å². The summed E-state index contributed by atoms with van der Waals surface area (Å²) in [5.74, 6) is 1.09. The van der Waals surface area contributed by atoms with Gasteiger partial charge in [-0.25, -0.2) is 0 Å². The summed E-state index contributed by atoms with van der Waals surface area (Å²) in [5, 5.41) is 0. The van der Waals surface area contributed by atoms with Crippen LogP contribution in [0.15, 0.2) is 22.7 Å². The van der Waals surface area contributed by atoms with Crippen LogP contribution in [0, 0.1) is 5.92 Å². The van der Waals surface area contributed by atoms with Crippen molar-refractivity contribution in [3.8, 4) is 5.75 Å². The van der Waals surface area contributed by atoms with Crippen molar-refractivity contribution in [2.45, 2.75) is 26.3 Å². The summed E-state index contributed by atoms with van der Waals surface area (Å²) < 4.78 is 5.88. The Morgan fingerprint density at radius 2 is 2.12 bits per heavy atom. The Hall–Kier alpha value is -0.870. The molecule has 1 aromatic carbocycles. The van der Waals surface area contributed by atoms with E-state index in [1.54, 1.807) is 25.3 Å². The van der Waals surface area contributed by atoms with E-state index < -0.39 is 6.04 Å². The van der Waals surface area contributed by atoms with Gasteiger partial charge in [-0.3, -0.25) is 4.79 Å². The Bertz CT molecular complexity index is 404. The van der Waals surface area contributed by atoms with Gasteiger partial charge in [-0.15, -0.1) is 0 Å². The summed E-state index contributed by atoms with van der Waals surface area (Å²) in [7, 11) is 1.59. The molecule has 94 valence electrons. The third-order valence-corrected chi connectivity index (χ3v) is 3.12. The zero-order valence-electron chi connectivity index (χ0n) is 10.4. The van der Waals surface area contributed by atoms with Gasteiger partial charge >= 0.3 is 0 Å². The molecule has 1 atom stereocenters. The highest BCUT2D eigenvalue weighted by Crippen LogP contribution is 2.26. The smallest absolute Gasteiger partial charge is 0.179 e. The van der Waals surface area contributed by atoms with Crippen molar-refractivity contribution in [2.24, 2.45) is 11.7 Å². The van der Waals surface area contributed by atoms with Gasteiger partial charge in [0.1, 0.15) is 5.75 Å². The Kier molecular flexibility index (Phi) is 5.15. The highest BCUT2D eigenvalue weighted by Gasteiger charge is 2.17. The van der Waals surface area contributed by atoms with Crippen LogP contribution in [-0.2, 0) is 0 Å². The van der Waals surface area contributed by atoms with E-state index in [-0.39, 0.29) is 5.78 Å². The van der Waals surface area contributed by atoms with Gasteiger partial charge in [-0.1, -0.05) is 13.8 Å². The summed E-state index contributed by atoms with van der Waals surface area (Å²) in [5.41, 5.74) is 6.49. The van der Waals surface area contributed by atoms with Gasteiger partial charge in [0.05, 0.1) is 17.6 Å². The number of halogens is 1. The topological polar surface area (TPSA) is 52.3 Å². The maximum absolute atomic E-state index is 12.0. The SMILES string of the molecule is COc1ccc(C(=O)C(N)CC(C)C)cc1Br. The first-order chi connectivity index (χ1) is 7.95. The quantitative estimate of drug-likeness (QED) is 0.850. The maximum Gasteiger partial charge on any atom is 0.179 e. The molecule has 0 spiro atoms. The van der Waals surface area contributed by atoms with E-state index >= 15 is 0 Å². The van der Waals surface area contributed by atoms with E-state index in [4.69, 9.17) is 10.5 Å². The number of methoxy groups -OCH3 is 1. The fraction of sp³-hybridized carbons (Fsp3) is 0.462. The molecule has 0 saturated heterocycles. The van der Waals surface area contributed by atoms with Gasteiger partial charge in [0.15, 0.2) is 5.78 Å². The fourth-order valence-corrected chi connectivity index (χ4v) is 2.19. The lowest BCUT2D eigenvalue weighted by Gasteiger charge is -2.13. The highest BCUT2D eigenvalue weighted by atomic mass is 79.9. The van der Waals surface area contributed by atoms with Gasteiger partial charge in [-0.2, -0.15) is 0 Å². The minimum atomic E-state index is -0.435. The number of carbonyl (C=O) groups excluding carboxylic acids is 1. The van der Waals surface area contributed by atoms with Crippen LogP contribution in [0.3, 0.4) is 0 Å². The molecule has 17 heavy (non-hydrogen) atoms. The zero-order valence-corrected chi connectivity index (χ0v) is 12.0. The number of benzene rings is 1. The lowest BCUT2D eigenvalue weighted by Crippen LogP contribution is -2.31. The van der Waals surface area contributed by atoms with Crippen molar-refractivity contribution in [2.75, 3.05) is 7.11 Å². The molecule has 0 aliphatic heterocycles. The lowest BCUT2D eigenvalue weighted by molar-refractivity contribution is 0.0951. The molecule has 1 rings (SSSR count). The maximum atomic E-state index is 12.0. The van der Waals surface area contributed by atoms with E-state index in [1.807, 2.05) is 0 Å². The third kappa shape index (κ3) is 3.82. The molecule has 0 aliphatic rings. The lowest BCUT2D eigenvalue weighted by atomic mass is 9.97. The summed E-state index contributed by atoms with van der Waals surface area (Å²) in [6.07, 6.45) is 0.697. The Balaban J connectivity index is 2.86. The van der Waals surface area contributed by atoms with Crippen LogP contribution in [0.4, 0.5) is 0 Å². The summed E-state index contributed by atoms with van der Waals surface area (Å²) in [4.78, 5) is 12.0. The fourth-order valence-electron chi connectivity index (χ4n) is 1.65. The van der Waals surface area contributed by atoms with Gasteiger partial charge < -0.3 is 10.5 Å². The van der Waals surface area contributed by atoms with E-state index in [0.717, 1.165) is 4.47 Å². The van der Waals surface area contributed by atoms with Crippen LogP contribution < -0.4 is 10.5 Å². The van der Waals surface area contributed by atoms with Crippen molar-refractivity contribution >= 4 is 21.7 Å². The molecular weight excluding hydrogens is 282 g/mol. The highest BCUT2D eigenvalue weighted by molar-refractivity contribution is 9.10. The predicted octanol–water partition coefficient (Wildman–Crippen LogP) is 3.01. The molecule has 0 aliphatic carbocycles. The third-order valence-electron chi connectivity index (χ3n) is 2.50. The van der Waals surface area contributed by atoms with E-state index in [2.05, 4.69) is 29.8 Å². The molecule has 4 heteroatoms. The van der Waals surface area contributed by atoms with Crippen LogP contribution in [-0.4, -0.2) is 18.9 Å². The van der Waals surface area contributed by atoms with E-state index in [1.165, 1.54) is 0 Å². The molecule has 0 amide bonds. The number of nitrogens with two attached hydrogens (primary N) is 1. The molecule has 0 fully saturated rings. The van der Waals surface area contributed by atoms with Crippen molar-refractivity contribution < 1.29 is 9.53 Å². The molecule has 1 aromatic rings. The first-order valence-corrected chi connectivity index (χ1v) is 6.38. The monoisotopic (exact) mass is 299 g/mol. The average molecular weight is 300 g/mol. The number of hydrogen-bond donors (Lipinski definition) is 1. The first kappa shape index (κ1) is 14.2. The molecule has 0 aromatic heterocycles. The van der Waals surface area contributed by atoms with Crippen molar-refractivity contribution in [1.82, 2.24) is 0 Å². The average Bonchev–Trinajstić information content (AvgIpc) is 2.27. The Morgan fingerprint density at radius 1 is 1.47 bits per heavy atom. The first-order valence-electron chi connectivity index (χ1n) is 5.59. The van der Waals surface area contributed by atoms with Crippen molar-refractivity contribution in [3.05, 3.63) is 28.2 Å². The van der Waals surface area contributed by atoms with Gasteiger partial charge in [0.25, 0.3) is 0 Å². The molecule has 0 bridgehead atoms. The van der Waals surface area contributed by atoms with Crippen LogP contribution in [0.5, 0.6) is 5.75 Å². The summed E-state index contributed by atoms with van der Waals surface area (Å²) in [6.45, 7) is 4.11. The number of ether oxygens (including phenoxy) is 1. The predicted molar refractivity (Wildman–Crippen MR) is 72.5 cm³/mol. The molecule has 0 saturated carbocycles. The van der Waals surface area contributed by atoms with E-state index in [0.29, 0.717) is 23.7 Å². The molecule has 3 nitrogen and oxygen atoms in total. The van der Waals surface area contributed by atoms with Gasteiger partial charge in [0, 0.05) is 5.56 Å². The number of ketones is 1. The second-order valence-corrected chi connectivity index (χ2v) is 5.30. The summed E-state index contributed by atoms with van der Waals surface area (Å²) in [6, 6.07) is 4.82. The Morgan fingerprint density at radius 3 is 2.59 bits per heavy atom. The van der Waals surface area contributed by atoms with Gasteiger partial charge in [0.2, 0.25) is 0 Å². The number of carbonyl (C=O) groups is 1. The van der Waals surface area contributed by atoms with Crippen molar-refractivity contribution in [1.29, 1.82) is 0 Å². The molecule has 2 N–H and O–H groups in total. The van der Waals surface area contributed by atoms with Crippen molar-refractivity contribution in [3.63, 3.8) is 0 Å². The second-order valence-electron chi connectivity index (χ2n) is 4.45.